The van der Waals surface area contributed by atoms with Gasteiger partial charge in [0.15, 0.2) is 0 Å². The summed E-state index contributed by atoms with van der Waals surface area (Å²) in [6.07, 6.45) is 7.42. The highest BCUT2D eigenvalue weighted by Gasteiger charge is 2.13. The number of hydrogen-bond donors (Lipinski definition) is 0. The predicted molar refractivity (Wildman–Crippen MR) is 226 cm³/mol. The lowest BCUT2D eigenvalue weighted by molar-refractivity contribution is 1.33. The number of hydrogen-bond acceptors (Lipinski definition) is 2. The van der Waals surface area contributed by atoms with E-state index in [0.717, 1.165) is 33.4 Å². The summed E-state index contributed by atoms with van der Waals surface area (Å²) in [4.78, 5) is 8.56. The molecule has 254 valence electrons. The van der Waals surface area contributed by atoms with Crippen molar-refractivity contribution in [1.29, 1.82) is 0 Å². The zero-order valence-corrected chi connectivity index (χ0v) is 29.7. The van der Waals surface area contributed by atoms with Crippen LogP contribution < -0.4 is 0 Å². The summed E-state index contributed by atoms with van der Waals surface area (Å²) in [5.74, 6) is 0. The lowest BCUT2D eigenvalue weighted by atomic mass is 9.89. The van der Waals surface area contributed by atoms with Crippen molar-refractivity contribution in [2.75, 3.05) is 0 Å². The second kappa shape index (κ2) is 14.8. The van der Waals surface area contributed by atoms with E-state index in [0.29, 0.717) is 0 Å². The molecule has 0 saturated heterocycles. The summed E-state index contributed by atoms with van der Waals surface area (Å²) in [5, 5.41) is 0. The molecule has 2 aromatic heterocycles. The number of aromatic nitrogens is 2. The first kappa shape index (κ1) is 32.7. The molecule has 2 heterocycles. The summed E-state index contributed by atoms with van der Waals surface area (Å²) in [6.45, 7) is 0. The third-order valence-electron chi connectivity index (χ3n) is 10.0. The van der Waals surface area contributed by atoms with Crippen molar-refractivity contribution in [3.05, 3.63) is 219 Å². The number of pyridine rings is 2. The molecule has 0 amide bonds. The monoisotopic (exact) mass is 688 g/mol. The molecule has 0 bridgehead atoms. The van der Waals surface area contributed by atoms with Crippen molar-refractivity contribution in [1.82, 2.24) is 9.97 Å². The maximum atomic E-state index is 4.28. The van der Waals surface area contributed by atoms with Gasteiger partial charge in [-0.1, -0.05) is 115 Å². The second-order valence-electron chi connectivity index (χ2n) is 13.5. The summed E-state index contributed by atoms with van der Waals surface area (Å²) < 4.78 is 0. The van der Waals surface area contributed by atoms with E-state index in [1.54, 1.807) is 0 Å². The molecule has 9 aromatic rings. The lowest BCUT2D eigenvalue weighted by Crippen LogP contribution is -1.90. The summed E-state index contributed by atoms with van der Waals surface area (Å²) in [6, 6.07) is 70.0. The molecule has 7 aromatic carbocycles. The molecular weight excluding hydrogens is 653 g/mol. The summed E-state index contributed by atoms with van der Waals surface area (Å²) in [5.41, 5.74) is 18.7. The second-order valence-corrected chi connectivity index (χ2v) is 13.5. The smallest absolute Gasteiger partial charge is 0.0273 e. The molecular formula is C52H36N2. The maximum absolute atomic E-state index is 4.28. The molecule has 0 atom stereocenters. The van der Waals surface area contributed by atoms with E-state index < -0.39 is 0 Å². The highest BCUT2D eigenvalue weighted by atomic mass is 14.6. The van der Waals surface area contributed by atoms with Gasteiger partial charge in [0.25, 0.3) is 0 Å². The Morgan fingerprint density at radius 1 is 0.167 bits per heavy atom. The van der Waals surface area contributed by atoms with Gasteiger partial charge >= 0.3 is 0 Å². The molecule has 0 aliphatic carbocycles. The minimum atomic E-state index is 1.13. The van der Waals surface area contributed by atoms with Gasteiger partial charge in [0.05, 0.1) is 0 Å². The SMILES string of the molecule is c1ccc(-c2cccc(-c3cccc(-c4cccc(-c5cc(-c6ccccc6)cc(-c6cc(-c7ccncc7)cc(-c7ccncc7)c6)c5)c4)c3)c2)cc1. The van der Waals surface area contributed by atoms with Crippen molar-refractivity contribution in [3.8, 4) is 89.0 Å². The molecule has 0 spiro atoms. The van der Waals surface area contributed by atoms with Crippen molar-refractivity contribution in [3.63, 3.8) is 0 Å². The van der Waals surface area contributed by atoms with Crippen LogP contribution in [0.5, 0.6) is 0 Å². The van der Waals surface area contributed by atoms with Gasteiger partial charge < -0.3 is 0 Å². The van der Waals surface area contributed by atoms with E-state index in [9.17, 15) is 0 Å². The van der Waals surface area contributed by atoms with Gasteiger partial charge in [-0.2, -0.15) is 0 Å². The Labute approximate surface area is 316 Å². The van der Waals surface area contributed by atoms with E-state index >= 15 is 0 Å². The van der Waals surface area contributed by atoms with Gasteiger partial charge in [0.1, 0.15) is 0 Å². The fourth-order valence-electron chi connectivity index (χ4n) is 7.24. The van der Waals surface area contributed by atoms with Crippen molar-refractivity contribution >= 4 is 0 Å². The highest BCUT2D eigenvalue weighted by molar-refractivity contribution is 5.87. The fourth-order valence-corrected chi connectivity index (χ4v) is 7.24. The Kier molecular flexibility index (Phi) is 8.99. The Hall–Kier alpha value is -7.16. The van der Waals surface area contributed by atoms with Crippen LogP contribution in [0.3, 0.4) is 0 Å². The Bertz CT molecular complexity index is 2630. The predicted octanol–water partition coefficient (Wildman–Crippen LogP) is 13.8. The third kappa shape index (κ3) is 7.01. The Morgan fingerprint density at radius 3 is 0.722 bits per heavy atom. The van der Waals surface area contributed by atoms with Crippen LogP contribution in [0, 0.1) is 0 Å². The maximum Gasteiger partial charge on any atom is 0.0273 e. The van der Waals surface area contributed by atoms with E-state index in [1.165, 1.54) is 55.6 Å². The molecule has 54 heavy (non-hydrogen) atoms. The molecule has 0 aliphatic heterocycles. The van der Waals surface area contributed by atoms with Crippen molar-refractivity contribution in [2.45, 2.75) is 0 Å². The third-order valence-corrected chi connectivity index (χ3v) is 10.0. The van der Waals surface area contributed by atoms with Crippen LogP contribution in [0.15, 0.2) is 219 Å². The first-order chi connectivity index (χ1) is 26.7. The van der Waals surface area contributed by atoms with Crippen LogP contribution in [-0.4, -0.2) is 9.97 Å². The molecule has 0 unspecified atom stereocenters. The lowest BCUT2D eigenvalue weighted by Gasteiger charge is -2.15. The zero-order chi connectivity index (χ0) is 36.1. The molecule has 2 heteroatoms. The van der Waals surface area contributed by atoms with Gasteiger partial charge in [-0.15, -0.1) is 0 Å². The van der Waals surface area contributed by atoms with Crippen molar-refractivity contribution in [2.24, 2.45) is 0 Å². The minimum absolute atomic E-state index is 1.13. The van der Waals surface area contributed by atoms with Crippen molar-refractivity contribution < 1.29 is 0 Å². The van der Waals surface area contributed by atoms with Crippen LogP contribution in [0.25, 0.3) is 89.0 Å². The summed E-state index contributed by atoms with van der Waals surface area (Å²) in [7, 11) is 0. The molecule has 0 aliphatic rings. The Balaban J connectivity index is 1.14. The first-order valence-electron chi connectivity index (χ1n) is 18.3. The van der Waals surface area contributed by atoms with Crippen LogP contribution >= 0.6 is 0 Å². The number of nitrogens with zero attached hydrogens (tertiary/aromatic N) is 2. The first-order valence-corrected chi connectivity index (χ1v) is 18.3. The normalized spacial score (nSPS) is 11.0. The number of rotatable bonds is 8. The van der Waals surface area contributed by atoms with Crippen LogP contribution in [0.4, 0.5) is 0 Å². The molecule has 0 N–H and O–H groups in total. The van der Waals surface area contributed by atoms with Crippen LogP contribution in [-0.2, 0) is 0 Å². The zero-order valence-electron chi connectivity index (χ0n) is 29.7. The van der Waals surface area contributed by atoms with Gasteiger partial charge in [-0.3, -0.25) is 9.97 Å². The fraction of sp³-hybridized carbons (Fsp3) is 0. The van der Waals surface area contributed by atoms with Crippen LogP contribution in [0.1, 0.15) is 0 Å². The molecule has 9 rings (SSSR count). The number of benzene rings is 7. The van der Waals surface area contributed by atoms with Gasteiger partial charge in [-0.25, -0.2) is 0 Å². The standard InChI is InChI=1S/C52H36N2/c1-3-10-37(11-4-1)41-14-7-15-42(28-41)43-16-8-17-44(29-43)45-18-9-19-46(30-45)50-32-47(38-12-5-2-6-13-38)33-52(36-50)51-34-48(39-20-24-53-25-21-39)31-49(35-51)40-22-26-54-27-23-40/h1-36H. The van der Waals surface area contributed by atoms with Gasteiger partial charge in [-0.05, 0) is 168 Å². The summed E-state index contributed by atoms with van der Waals surface area (Å²) >= 11 is 0. The van der Waals surface area contributed by atoms with E-state index in [4.69, 9.17) is 0 Å². The topological polar surface area (TPSA) is 25.8 Å². The highest BCUT2D eigenvalue weighted by Crippen LogP contribution is 2.38. The van der Waals surface area contributed by atoms with Crippen LogP contribution in [0.2, 0.25) is 0 Å². The van der Waals surface area contributed by atoms with E-state index in [-0.39, 0.29) is 0 Å². The van der Waals surface area contributed by atoms with E-state index in [1.807, 2.05) is 24.8 Å². The molecule has 0 fully saturated rings. The average Bonchev–Trinajstić information content (AvgIpc) is 3.27. The Morgan fingerprint density at radius 2 is 0.370 bits per heavy atom. The van der Waals surface area contributed by atoms with Gasteiger partial charge in [0, 0.05) is 24.8 Å². The molecule has 0 saturated carbocycles. The quantitative estimate of drug-likeness (QED) is 0.159. The minimum Gasteiger partial charge on any atom is -0.265 e. The largest absolute Gasteiger partial charge is 0.265 e. The van der Waals surface area contributed by atoms with E-state index in [2.05, 4.69) is 204 Å². The molecule has 2 nitrogen and oxygen atoms in total. The average molecular weight is 689 g/mol. The molecule has 0 radical (unpaired) electrons. The van der Waals surface area contributed by atoms with Gasteiger partial charge in [0.2, 0.25) is 0 Å².